The number of carbonyl (C=O) groups excluding carboxylic acids is 4. The van der Waals surface area contributed by atoms with Gasteiger partial charge in [0.25, 0.3) is 0 Å². The highest BCUT2D eigenvalue weighted by Crippen LogP contribution is 2.29. The maximum Gasteiger partial charge on any atom is 0.338 e. The van der Waals surface area contributed by atoms with E-state index < -0.39 is 29.4 Å². The van der Waals surface area contributed by atoms with Crippen molar-refractivity contribution in [2.75, 3.05) is 18.0 Å². The van der Waals surface area contributed by atoms with E-state index in [1.165, 1.54) is 20.8 Å². The molecule has 0 unspecified atom stereocenters. The molecule has 1 fully saturated rings. The fourth-order valence-corrected chi connectivity index (χ4v) is 4.63. The molecule has 0 spiro atoms. The van der Waals surface area contributed by atoms with Gasteiger partial charge in [-0.3, -0.25) is 14.4 Å². The van der Waals surface area contributed by atoms with Crippen LogP contribution < -0.4 is 10.6 Å². The van der Waals surface area contributed by atoms with E-state index in [9.17, 15) is 19.2 Å². The predicted molar refractivity (Wildman–Crippen MR) is 163 cm³/mol. The molecule has 1 aliphatic heterocycles. The fraction of sp³-hybridized carbons (Fsp3) is 0.258. The standard InChI is InChI=1S/C20H18ClN7O3.C11H14O2/c21-14-6-7-15(28-12-23-24-25-28)16(11-14)26-8-9-27(20(31)19(26)30)17(18(22)29)10-13-4-2-1-3-5-13;1-11(2,3)13-10(12)9-7-5-4-6-8-9/h1-7,11-12,17H,8-10H2,(H2,22,29);4-8H,1-3H3/t17-;/m0./s1. The van der Waals surface area contributed by atoms with Gasteiger partial charge in [0.05, 0.1) is 16.9 Å². The Morgan fingerprint density at radius 1 is 0.932 bits per heavy atom. The fourth-order valence-electron chi connectivity index (χ4n) is 4.47. The minimum absolute atomic E-state index is 0.132. The molecule has 0 aliphatic carbocycles. The van der Waals surface area contributed by atoms with E-state index in [-0.39, 0.29) is 25.5 Å². The van der Waals surface area contributed by atoms with E-state index in [1.54, 1.807) is 30.3 Å². The third-order valence-corrected chi connectivity index (χ3v) is 6.70. The van der Waals surface area contributed by atoms with Gasteiger partial charge in [-0.2, -0.15) is 4.68 Å². The zero-order valence-electron chi connectivity index (χ0n) is 24.5. The Balaban J connectivity index is 0.000000285. The lowest BCUT2D eigenvalue weighted by molar-refractivity contribution is -0.150. The van der Waals surface area contributed by atoms with Gasteiger partial charge in [0, 0.05) is 24.5 Å². The number of halogens is 1. The van der Waals surface area contributed by atoms with E-state index in [2.05, 4.69) is 15.5 Å². The minimum atomic E-state index is -0.931. The van der Waals surface area contributed by atoms with Gasteiger partial charge in [-0.15, -0.1) is 5.10 Å². The topological polar surface area (TPSA) is 154 Å². The first-order valence-corrected chi connectivity index (χ1v) is 14.1. The van der Waals surface area contributed by atoms with Crippen molar-refractivity contribution in [2.24, 2.45) is 5.73 Å². The van der Waals surface area contributed by atoms with Crippen LogP contribution in [0.2, 0.25) is 5.02 Å². The minimum Gasteiger partial charge on any atom is -0.456 e. The Bertz CT molecular complexity index is 1610. The monoisotopic (exact) mass is 617 g/mol. The number of nitrogens with zero attached hydrogens (tertiary/aromatic N) is 6. The Kier molecular flexibility index (Phi) is 10.1. The number of esters is 1. The van der Waals surface area contributed by atoms with Crippen LogP contribution in [0.25, 0.3) is 5.69 Å². The summed E-state index contributed by atoms with van der Waals surface area (Å²) in [5.41, 5.74) is 7.46. The lowest BCUT2D eigenvalue weighted by atomic mass is 10.0. The zero-order chi connectivity index (χ0) is 31.9. The van der Waals surface area contributed by atoms with E-state index in [0.29, 0.717) is 22.0 Å². The van der Waals surface area contributed by atoms with Gasteiger partial charge < -0.3 is 20.3 Å². The molecule has 3 aromatic carbocycles. The molecule has 12 nitrogen and oxygen atoms in total. The third-order valence-electron chi connectivity index (χ3n) is 6.46. The summed E-state index contributed by atoms with van der Waals surface area (Å²) in [4.78, 5) is 52.1. The Hall–Kier alpha value is -5.10. The van der Waals surface area contributed by atoms with Crippen molar-refractivity contribution in [3.63, 3.8) is 0 Å². The number of hydrogen-bond donors (Lipinski definition) is 1. The number of aromatic nitrogens is 4. The number of piperazine rings is 1. The molecule has 1 saturated heterocycles. The SMILES string of the molecule is CC(C)(C)OC(=O)c1ccccc1.NC(=O)[C@H](Cc1ccccc1)N1CCN(c2cc(Cl)ccc2-n2cnnn2)C(=O)C1=O. The number of nitrogens with two attached hydrogens (primary N) is 1. The summed E-state index contributed by atoms with van der Waals surface area (Å²) in [6.07, 6.45) is 1.60. The van der Waals surface area contributed by atoms with Gasteiger partial charge in [0.15, 0.2) is 0 Å². The molecule has 1 atom stereocenters. The molecule has 1 aromatic heterocycles. The van der Waals surface area contributed by atoms with Crippen molar-refractivity contribution in [3.8, 4) is 5.69 Å². The number of ether oxygens (including phenoxy) is 1. The summed E-state index contributed by atoms with van der Waals surface area (Å²) in [7, 11) is 0. The van der Waals surface area contributed by atoms with Crippen molar-refractivity contribution >= 4 is 41.0 Å². The second-order valence-electron chi connectivity index (χ2n) is 10.8. The summed E-state index contributed by atoms with van der Waals surface area (Å²) in [6, 6.07) is 22.1. The van der Waals surface area contributed by atoms with Crippen molar-refractivity contribution < 1.29 is 23.9 Å². The second kappa shape index (κ2) is 13.9. The van der Waals surface area contributed by atoms with Gasteiger partial charge in [-0.1, -0.05) is 60.1 Å². The molecule has 4 aromatic rings. The lowest BCUT2D eigenvalue weighted by Gasteiger charge is -2.37. The largest absolute Gasteiger partial charge is 0.456 e. The molecule has 44 heavy (non-hydrogen) atoms. The molecule has 228 valence electrons. The number of primary amides is 1. The summed E-state index contributed by atoms with van der Waals surface area (Å²) in [5.74, 6) is -2.54. The number of amides is 3. The maximum atomic E-state index is 13.0. The number of rotatable bonds is 7. The Labute approximate surface area is 259 Å². The van der Waals surface area contributed by atoms with Crippen LogP contribution in [0.4, 0.5) is 5.69 Å². The first-order valence-electron chi connectivity index (χ1n) is 13.7. The summed E-state index contributed by atoms with van der Waals surface area (Å²) in [5, 5.41) is 11.4. The highest BCUT2D eigenvalue weighted by atomic mass is 35.5. The van der Waals surface area contributed by atoms with Crippen LogP contribution in [0.1, 0.15) is 36.7 Å². The smallest absolute Gasteiger partial charge is 0.338 e. The van der Waals surface area contributed by atoms with Crippen LogP contribution in [-0.4, -0.2) is 73.5 Å². The number of tetrazole rings is 1. The number of carbonyl (C=O) groups is 4. The van der Waals surface area contributed by atoms with E-state index in [1.807, 2.05) is 69.3 Å². The van der Waals surface area contributed by atoms with E-state index in [4.69, 9.17) is 22.1 Å². The molecule has 2 heterocycles. The van der Waals surface area contributed by atoms with E-state index in [0.717, 1.165) is 5.56 Å². The van der Waals surface area contributed by atoms with Crippen molar-refractivity contribution in [3.05, 3.63) is 101 Å². The van der Waals surface area contributed by atoms with Crippen molar-refractivity contribution in [2.45, 2.75) is 38.8 Å². The molecule has 1 aliphatic rings. The Morgan fingerprint density at radius 2 is 1.59 bits per heavy atom. The first kappa shape index (κ1) is 31.8. The summed E-state index contributed by atoms with van der Waals surface area (Å²) >= 11 is 6.14. The van der Waals surface area contributed by atoms with E-state index >= 15 is 0 Å². The molecular weight excluding hydrogens is 586 g/mol. The van der Waals surface area contributed by atoms with Crippen molar-refractivity contribution in [1.29, 1.82) is 0 Å². The van der Waals surface area contributed by atoms with Crippen LogP contribution in [0.3, 0.4) is 0 Å². The average molecular weight is 618 g/mol. The van der Waals surface area contributed by atoms with Crippen LogP contribution in [0.15, 0.2) is 85.2 Å². The lowest BCUT2D eigenvalue weighted by Crippen LogP contribution is -2.60. The van der Waals surface area contributed by atoms with Crippen LogP contribution in [-0.2, 0) is 25.5 Å². The van der Waals surface area contributed by atoms with Crippen molar-refractivity contribution in [1.82, 2.24) is 25.1 Å². The van der Waals surface area contributed by atoms with Gasteiger partial charge in [-0.25, -0.2) is 4.79 Å². The van der Waals surface area contributed by atoms with Crippen LogP contribution in [0, 0.1) is 0 Å². The van der Waals surface area contributed by atoms with Crippen LogP contribution >= 0.6 is 11.6 Å². The van der Waals surface area contributed by atoms with Gasteiger partial charge in [-0.05, 0) is 67.1 Å². The average Bonchev–Trinajstić information content (AvgIpc) is 3.53. The third kappa shape index (κ3) is 8.04. The number of anilines is 1. The zero-order valence-corrected chi connectivity index (χ0v) is 25.2. The molecule has 2 N–H and O–H groups in total. The highest BCUT2D eigenvalue weighted by Gasteiger charge is 2.40. The molecule has 13 heteroatoms. The van der Waals surface area contributed by atoms with Gasteiger partial charge >= 0.3 is 17.8 Å². The molecule has 0 saturated carbocycles. The number of hydrogen-bond acceptors (Lipinski definition) is 8. The summed E-state index contributed by atoms with van der Waals surface area (Å²) < 4.78 is 6.56. The number of benzene rings is 3. The Morgan fingerprint density at radius 3 is 2.18 bits per heavy atom. The second-order valence-corrected chi connectivity index (χ2v) is 11.3. The first-order chi connectivity index (χ1) is 20.9. The van der Waals surface area contributed by atoms with Gasteiger partial charge in [0.1, 0.15) is 18.0 Å². The quantitative estimate of drug-likeness (QED) is 0.245. The normalized spacial score (nSPS) is 14.0. The maximum absolute atomic E-state index is 13.0. The molecular formula is C31H32ClN7O5. The summed E-state index contributed by atoms with van der Waals surface area (Å²) in [6.45, 7) is 5.85. The highest BCUT2D eigenvalue weighted by molar-refractivity contribution is 6.41. The molecule has 3 amide bonds. The van der Waals surface area contributed by atoms with Crippen LogP contribution in [0.5, 0.6) is 0 Å². The predicted octanol–water partition coefficient (Wildman–Crippen LogP) is 3.23. The molecule has 5 rings (SSSR count). The molecule has 0 radical (unpaired) electrons. The van der Waals surface area contributed by atoms with Gasteiger partial charge in [0.2, 0.25) is 5.91 Å². The molecule has 0 bridgehead atoms.